The number of carbonyl (C=O) groups excluding carboxylic acids is 6. The molecule has 4 aliphatic rings. The molecule has 35 heavy (non-hydrogen) atoms. The van der Waals surface area contributed by atoms with Gasteiger partial charge in [0.15, 0.2) is 0 Å². The molecular weight excluding hydrogens is 500 g/mol. The average Bonchev–Trinajstić information content (AvgIpc) is 2.82. The maximum atomic E-state index is 12.5. The minimum absolute atomic E-state index is 0.0201. The zero-order valence-electron chi connectivity index (χ0n) is 19.0. The van der Waals surface area contributed by atoms with Crippen LogP contribution in [0.5, 0.6) is 0 Å². The third-order valence-corrected chi connectivity index (χ3v) is 8.85. The highest BCUT2D eigenvalue weighted by Gasteiger charge is 2.52. The van der Waals surface area contributed by atoms with Crippen LogP contribution in [0.4, 0.5) is 0 Å². The topological polar surface area (TPSA) is 179 Å². The van der Waals surface area contributed by atoms with E-state index in [9.17, 15) is 28.8 Å². The summed E-state index contributed by atoms with van der Waals surface area (Å²) in [5.41, 5.74) is 12.7. The quantitative estimate of drug-likeness (QED) is 0.255. The van der Waals surface area contributed by atoms with Crippen LogP contribution in [0.3, 0.4) is 0 Å². The van der Waals surface area contributed by atoms with E-state index in [0.717, 1.165) is 0 Å². The van der Waals surface area contributed by atoms with Gasteiger partial charge in [-0.05, 0) is 31.4 Å². The van der Waals surface area contributed by atoms with Crippen molar-refractivity contribution in [3.63, 3.8) is 0 Å². The van der Waals surface area contributed by atoms with Gasteiger partial charge in [-0.15, -0.1) is 23.5 Å². The van der Waals surface area contributed by atoms with Crippen molar-refractivity contribution in [1.82, 2.24) is 9.80 Å². The summed E-state index contributed by atoms with van der Waals surface area (Å²) in [6.07, 6.45) is -0.605. The molecular formula is C21H24N4O8S2. The SMILES string of the molecule is CC1=C(C(=O)OC(=O)CCCC(=O)OC(=O)C2=C(C)CS[C@@H]3[C@H](N)C(=O)N23)N2C(=O)[C@@H](N)[C@H]2SC1. The number of thioether (sulfide) groups is 2. The molecule has 0 spiro atoms. The van der Waals surface area contributed by atoms with Crippen LogP contribution in [0.15, 0.2) is 22.5 Å². The maximum absolute atomic E-state index is 12.5. The van der Waals surface area contributed by atoms with E-state index in [1.807, 2.05) is 0 Å². The standard InChI is InChI=1S/C21H24N4O8S2/c1-8-6-34-18-12(22)16(28)24(18)14(8)20(30)32-10(26)4-3-5-11(27)33-21(31)15-9(2)7-35-19-13(23)17(29)25(15)19/h12-13,18-19H,3-7,22-23H2,1-2H3/t12-,13-,18-,19-/m1/s1. The van der Waals surface area contributed by atoms with Crippen LogP contribution in [0.1, 0.15) is 33.1 Å². The third-order valence-electron chi connectivity index (χ3n) is 5.96. The van der Waals surface area contributed by atoms with E-state index < -0.39 is 47.8 Å². The summed E-state index contributed by atoms with van der Waals surface area (Å²) in [7, 11) is 0. The molecule has 4 aliphatic heterocycles. The third kappa shape index (κ3) is 4.50. The summed E-state index contributed by atoms with van der Waals surface area (Å²) in [4.78, 5) is 75.8. The van der Waals surface area contributed by atoms with E-state index in [4.69, 9.17) is 20.9 Å². The molecule has 4 rings (SSSR count). The van der Waals surface area contributed by atoms with Gasteiger partial charge in [0.05, 0.1) is 0 Å². The van der Waals surface area contributed by atoms with E-state index in [1.165, 1.54) is 33.3 Å². The van der Waals surface area contributed by atoms with Crippen LogP contribution in [-0.2, 0) is 38.2 Å². The van der Waals surface area contributed by atoms with E-state index >= 15 is 0 Å². The molecule has 0 unspecified atom stereocenters. The fraction of sp³-hybridized carbons (Fsp3) is 0.524. The lowest BCUT2D eigenvalue weighted by Gasteiger charge is -2.47. The molecule has 4 heterocycles. The van der Waals surface area contributed by atoms with Gasteiger partial charge < -0.3 is 20.9 Å². The average molecular weight is 525 g/mol. The Morgan fingerprint density at radius 3 is 1.54 bits per heavy atom. The number of nitrogens with zero attached hydrogens (tertiary/aromatic N) is 2. The molecule has 14 heteroatoms. The lowest BCUT2D eigenvalue weighted by Crippen LogP contribution is -2.68. The largest absolute Gasteiger partial charge is 0.388 e. The van der Waals surface area contributed by atoms with Gasteiger partial charge in [-0.2, -0.15) is 0 Å². The highest BCUT2D eigenvalue weighted by molar-refractivity contribution is 8.00. The van der Waals surface area contributed by atoms with Gasteiger partial charge in [-0.1, -0.05) is 0 Å². The Kier molecular flexibility index (Phi) is 7.09. The number of fused-ring (bicyclic) bond motifs is 2. The first kappa shape index (κ1) is 25.4. The highest BCUT2D eigenvalue weighted by atomic mass is 32.2. The van der Waals surface area contributed by atoms with Crippen LogP contribution >= 0.6 is 23.5 Å². The lowest BCUT2D eigenvalue weighted by atomic mass is 10.0. The molecule has 0 aromatic heterocycles. The summed E-state index contributed by atoms with van der Waals surface area (Å²) in [5, 5.41) is -0.731. The van der Waals surface area contributed by atoms with E-state index in [1.54, 1.807) is 13.8 Å². The van der Waals surface area contributed by atoms with Gasteiger partial charge in [0, 0.05) is 24.3 Å². The minimum Gasteiger partial charge on any atom is -0.388 e. The fourth-order valence-corrected chi connectivity index (χ4v) is 6.58. The molecule has 0 aromatic rings. The Labute approximate surface area is 208 Å². The first-order valence-corrected chi connectivity index (χ1v) is 12.9. The second-order valence-electron chi connectivity index (χ2n) is 8.51. The van der Waals surface area contributed by atoms with Crippen molar-refractivity contribution >= 4 is 59.2 Å². The highest BCUT2D eigenvalue weighted by Crippen LogP contribution is 2.40. The van der Waals surface area contributed by atoms with Gasteiger partial charge in [0.1, 0.15) is 34.2 Å². The Balaban J connectivity index is 1.24. The minimum atomic E-state index is -0.944. The molecule has 0 aliphatic carbocycles. The zero-order valence-corrected chi connectivity index (χ0v) is 20.6. The summed E-state index contributed by atoms with van der Waals surface area (Å²) in [6, 6.07) is -1.40. The number of amides is 2. The number of ether oxygens (including phenoxy) is 2. The first-order chi connectivity index (χ1) is 16.5. The molecule has 4 atom stereocenters. The predicted molar refractivity (Wildman–Crippen MR) is 124 cm³/mol. The van der Waals surface area contributed by atoms with Gasteiger partial charge in [0.25, 0.3) is 0 Å². The van der Waals surface area contributed by atoms with Crippen LogP contribution in [0.2, 0.25) is 0 Å². The number of esters is 4. The Bertz CT molecular complexity index is 1020. The Hall–Kier alpha value is -2.68. The smallest absolute Gasteiger partial charge is 0.362 e. The summed E-state index contributed by atoms with van der Waals surface area (Å²) in [6.45, 7) is 3.33. The van der Waals surface area contributed by atoms with Crippen LogP contribution in [0, 0.1) is 0 Å². The fourth-order valence-electron chi connectivity index (χ4n) is 4.10. The summed E-state index contributed by atoms with van der Waals surface area (Å²) in [5.74, 6) is -3.52. The van der Waals surface area contributed by atoms with E-state index in [-0.39, 0.29) is 41.4 Å². The van der Waals surface area contributed by atoms with Crippen LogP contribution in [-0.4, -0.2) is 79.8 Å². The van der Waals surface area contributed by atoms with Crippen molar-refractivity contribution < 1.29 is 38.2 Å². The summed E-state index contributed by atoms with van der Waals surface area (Å²) >= 11 is 2.86. The summed E-state index contributed by atoms with van der Waals surface area (Å²) < 4.78 is 9.72. The number of hydrogen-bond donors (Lipinski definition) is 2. The van der Waals surface area contributed by atoms with Crippen molar-refractivity contribution in [2.24, 2.45) is 11.5 Å². The van der Waals surface area contributed by atoms with Crippen molar-refractivity contribution in [3.05, 3.63) is 22.5 Å². The second-order valence-corrected chi connectivity index (χ2v) is 10.7. The van der Waals surface area contributed by atoms with Crippen LogP contribution < -0.4 is 11.5 Å². The normalized spacial score (nSPS) is 27.5. The van der Waals surface area contributed by atoms with Crippen LogP contribution in [0.25, 0.3) is 0 Å². The van der Waals surface area contributed by atoms with E-state index in [0.29, 0.717) is 22.7 Å². The number of carbonyl (C=O) groups is 6. The molecule has 2 fully saturated rings. The predicted octanol–water partition coefficient (Wildman–Crippen LogP) is -0.671. The number of rotatable bonds is 6. The van der Waals surface area contributed by atoms with Crippen molar-refractivity contribution in [3.8, 4) is 0 Å². The molecule has 4 N–H and O–H groups in total. The lowest BCUT2D eigenvalue weighted by molar-refractivity contribution is -0.161. The monoisotopic (exact) mass is 524 g/mol. The first-order valence-electron chi connectivity index (χ1n) is 10.8. The number of hydrogen-bond acceptors (Lipinski definition) is 12. The molecule has 0 bridgehead atoms. The maximum Gasteiger partial charge on any atom is 0.362 e. The Morgan fingerprint density at radius 2 is 1.17 bits per heavy atom. The molecule has 0 aromatic carbocycles. The van der Waals surface area contributed by atoms with Crippen molar-refractivity contribution in [2.45, 2.75) is 55.9 Å². The van der Waals surface area contributed by atoms with Gasteiger partial charge >= 0.3 is 23.9 Å². The van der Waals surface area contributed by atoms with E-state index in [2.05, 4.69) is 0 Å². The molecule has 2 amide bonds. The van der Waals surface area contributed by atoms with Crippen molar-refractivity contribution in [1.29, 1.82) is 0 Å². The zero-order chi connectivity index (χ0) is 25.6. The molecule has 0 radical (unpaired) electrons. The van der Waals surface area contributed by atoms with Gasteiger partial charge in [-0.25, -0.2) is 9.59 Å². The number of nitrogens with two attached hydrogens (primary N) is 2. The molecule has 0 saturated carbocycles. The second kappa shape index (κ2) is 9.76. The van der Waals surface area contributed by atoms with Gasteiger partial charge in [0.2, 0.25) is 11.8 Å². The number of β-lactam (4-membered cyclic amide) rings is 2. The van der Waals surface area contributed by atoms with Gasteiger partial charge in [-0.3, -0.25) is 29.0 Å². The van der Waals surface area contributed by atoms with Crippen molar-refractivity contribution in [2.75, 3.05) is 11.5 Å². The molecule has 2 saturated heterocycles. The molecule has 12 nitrogen and oxygen atoms in total. The Morgan fingerprint density at radius 1 is 0.800 bits per heavy atom. The molecule has 188 valence electrons.